The van der Waals surface area contributed by atoms with Crippen molar-refractivity contribution in [2.24, 2.45) is 0 Å². The van der Waals surface area contributed by atoms with Gasteiger partial charge in [0.25, 0.3) is 0 Å². The van der Waals surface area contributed by atoms with Crippen molar-refractivity contribution in [3.05, 3.63) is 70.2 Å². The number of benzene rings is 2. The first-order valence-electron chi connectivity index (χ1n) is 6.76. The lowest BCUT2D eigenvalue weighted by molar-refractivity contribution is 0.572. The van der Waals surface area contributed by atoms with E-state index in [2.05, 4.69) is 55.6 Å². The summed E-state index contributed by atoms with van der Waals surface area (Å²) in [6.07, 6.45) is 1.08. The van der Waals surface area contributed by atoms with Gasteiger partial charge in [0.05, 0.1) is 0 Å². The van der Waals surface area contributed by atoms with Crippen LogP contribution in [0.1, 0.15) is 36.6 Å². The number of hydrogen-bond donors (Lipinski definition) is 1. The first-order chi connectivity index (χ1) is 9.20. The maximum absolute atomic E-state index is 5.91. The third-order valence-electron chi connectivity index (χ3n) is 3.47. The molecule has 2 aromatic carbocycles. The minimum absolute atomic E-state index is 0.321. The number of hydrogen-bond acceptors (Lipinski definition) is 1. The van der Waals surface area contributed by atoms with Crippen molar-refractivity contribution in [1.29, 1.82) is 0 Å². The highest BCUT2D eigenvalue weighted by Gasteiger charge is 2.06. The molecule has 0 aliphatic rings. The Morgan fingerprint density at radius 2 is 1.63 bits per heavy atom. The van der Waals surface area contributed by atoms with E-state index >= 15 is 0 Å². The molecular weight excluding hydrogens is 254 g/mol. The maximum Gasteiger partial charge on any atom is 0.0406 e. The molecule has 0 aromatic heterocycles. The highest BCUT2D eigenvalue weighted by atomic mass is 35.5. The predicted molar refractivity (Wildman–Crippen MR) is 82.5 cm³/mol. The smallest absolute Gasteiger partial charge is 0.0406 e. The fraction of sp³-hybridized carbons (Fsp3) is 0.294. The fourth-order valence-electron chi connectivity index (χ4n) is 2.21. The molecule has 0 saturated heterocycles. The van der Waals surface area contributed by atoms with Gasteiger partial charge in [0, 0.05) is 17.6 Å². The second-order valence-corrected chi connectivity index (χ2v) is 5.21. The Labute approximate surface area is 120 Å². The molecule has 0 spiro atoms. The SMILES string of the molecule is CCc1ccccc1CNC(C)c1ccc(Cl)cc1. The molecule has 2 heteroatoms. The second-order valence-electron chi connectivity index (χ2n) is 4.78. The largest absolute Gasteiger partial charge is 0.306 e. The molecule has 0 aliphatic heterocycles. The van der Waals surface area contributed by atoms with Gasteiger partial charge in [0.15, 0.2) is 0 Å². The van der Waals surface area contributed by atoms with Crippen molar-refractivity contribution in [2.75, 3.05) is 0 Å². The molecular formula is C17H20ClN. The Morgan fingerprint density at radius 1 is 1.00 bits per heavy atom. The van der Waals surface area contributed by atoms with Crippen molar-refractivity contribution in [1.82, 2.24) is 5.32 Å². The monoisotopic (exact) mass is 273 g/mol. The van der Waals surface area contributed by atoms with Gasteiger partial charge in [-0.3, -0.25) is 0 Å². The van der Waals surface area contributed by atoms with Gasteiger partial charge in [-0.2, -0.15) is 0 Å². The van der Waals surface area contributed by atoms with Crippen LogP contribution in [0.4, 0.5) is 0 Å². The molecule has 1 atom stereocenters. The molecule has 19 heavy (non-hydrogen) atoms. The summed E-state index contributed by atoms with van der Waals surface area (Å²) in [5.41, 5.74) is 4.06. The Morgan fingerprint density at radius 3 is 2.26 bits per heavy atom. The summed E-state index contributed by atoms with van der Waals surface area (Å²) in [7, 11) is 0. The van der Waals surface area contributed by atoms with Gasteiger partial charge in [-0.15, -0.1) is 0 Å². The first-order valence-corrected chi connectivity index (χ1v) is 7.14. The molecule has 2 rings (SSSR count). The van der Waals surface area contributed by atoms with Gasteiger partial charge in [-0.25, -0.2) is 0 Å². The van der Waals surface area contributed by atoms with Crippen LogP contribution in [-0.4, -0.2) is 0 Å². The van der Waals surface area contributed by atoms with E-state index in [0.29, 0.717) is 6.04 Å². The van der Waals surface area contributed by atoms with E-state index in [0.717, 1.165) is 18.0 Å². The topological polar surface area (TPSA) is 12.0 Å². The number of halogens is 1. The van der Waals surface area contributed by atoms with E-state index in [4.69, 9.17) is 11.6 Å². The van der Waals surface area contributed by atoms with Crippen LogP contribution in [0.2, 0.25) is 5.02 Å². The minimum Gasteiger partial charge on any atom is -0.306 e. The first kappa shape index (κ1) is 14.1. The normalized spacial score (nSPS) is 12.4. The Bertz CT molecular complexity index is 519. The Kier molecular flexibility index (Phi) is 5.00. The molecule has 0 radical (unpaired) electrons. The average molecular weight is 274 g/mol. The van der Waals surface area contributed by atoms with Crippen LogP contribution in [0.3, 0.4) is 0 Å². The van der Waals surface area contributed by atoms with E-state index in [1.54, 1.807) is 0 Å². The van der Waals surface area contributed by atoms with Crippen molar-refractivity contribution in [3.63, 3.8) is 0 Å². The van der Waals surface area contributed by atoms with Crippen LogP contribution in [0.25, 0.3) is 0 Å². The molecule has 1 nitrogen and oxygen atoms in total. The van der Waals surface area contributed by atoms with E-state index in [9.17, 15) is 0 Å². The second kappa shape index (κ2) is 6.74. The van der Waals surface area contributed by atoms with Gasteiger partial charge < -0.3 is 5.32 Å². The van der Waals surface area contributed by atoms with Crippen molar-refractivity contribution < 1.29 is 0 Å². The zero-order chi connectivity index (χ0) is 13.7. The molecule has 2 aromatic rings. The van der Waals surface area contributed by atoms with Gasteiger partial charge in [-0.05, 0) is 42.2 Å². The van der Waals surface area contributed by atoms with Crippen molar-refractivity contribution >= 4 is 11.6 Å². The highest BCUT2D eigenvalue weighted by Crippen LogP contribution is 2.17. The molecule has 0 saturated carbocycles. The molecule has 0 bridgehead atoms. The lowest BCUT2D eigenvalue weighted by atomic mass is 10.0. The molecule has 100 valence electrons. The zero-order valence-corrected chi connectivity index (χ0v) is 12.2. The molecule has 1 unspecified atom stereocenters. The fourth-order valence-corrected chi connectivity index (χ4v) is 2.33. The summed E-state index contributed by atoms with van der Waals surface area (Å²) in [5.74, 6) is 0. The van der Waals surface area contributed by atoms with Crippen LogP contribution in [0.15, 0.2) is 48.5 Å². The highest BCUT2D eigenvalue weighted by molar-refractivity contribution is 6.30. The van der Waals surface area contributed by atoms with Crippen LogP contribution >= 0.6 is 11.6 Å². The van der Waals surface area contributed by atoms with E-state index < -0.39 is 0 Å². The Balaban J connectivity index is 2.00. The quantitative estimate of drug-likeness (QED) is 0.829. The zero-order valence-electron chi connectivity index (χ0n) is 11.5. The summed E-state index contributed by atoms with van der Waals surface area (Å²) in [4.78, 5) is 0. The van der Waals surface area contributed by atoms with Crippen LogP contribution in [0.5, 0.6) is 0 Å². The van der Waals surface area contributed by atoms with Crippen LogP contribution in [-0.2, 0) is 13.0 Å². The van der Waals surface area contributed by atoms with E-state index in [1.807, 2.05) is 12.1 Å². The summed E-state index contributed by atoms with van der Waals surface area (Å²) in [5, 5.41) is 4.35. The van der Waals surface area contributed by atoms with Crippen LogP contribution in [0, 0.1) is 0 Å². The summed E-state index contributed by atoms with van der Waals surface area (Å²) in [6.45, 7) is 5.27. The molecule has 0 amide bonds. The number of nitrogens with one attached hydrogen (secondary N) is 1. The molecule has 0 heterocycles. The van der Waals surface area contributed by atoms with E-state index in [-0.39, 0.29) is 0 Å². The van der Waals surface area contributed by atoms with Crippen molar-refractivity contribution in [2.45, 2.75) is 32.9 Å². The van der Waals surface area contributed by atoms with Crippen molar-refractivity contribution in [3.8, 4) is 0 Å². The molecule has 1 N–H and O–H groups in total. The third kappa shape index (κ3) is 3.82. The third-order valence-corrected chi connectivity index (χ3v) is 3.72. The lowest BCUT2D eigenvalue weighted by Crippen LogP contribution is -2.18. The van der Waals surface area contributed by atoms with Crippen LogP contribution < -0.4 is 5.32 Å². The van der Waals surface area contributed by atoms with Gasteiger partial charge in [0.2, 0.25) is 0 Å². The van der Waals surface area contributed by atoms with Gasteiger partial charge >= 0.3 is 0 Å². The maximum atomic E-state index is 5.91. The molecule has 0 fully saturated rings. The van der Waals surface area contributed by atoms with Gasteiger partial charge in [-0.1, -0.05) is 54.9 Å². The Hall–Kier alpha value is -1.31. The molecule has 0 aliphatic carbocycles. The number of rotatable bonds is 5. The van der Waals surface area contributed by atoms with Gasteiger partial charge in [0.1, 0.15) is 0 Å². The van der Waals surface area contributed by atoms with E-state index in [1.165, 1.54) is 16.7 Å². The standard InChI is InChI=1S/C17H20ClN/c1-3-14-6-4-5-7-16(14)12-19-13(2)15-8-10-17(18)11-9-15/h4-11,13,19H,3,12H2,1-2H3. The summed E-state index contributed by atoms with van der Waals surface area (Å²) < 4.78 is 0. The summed E-state index contributed by atoms with van der Waals surface area (Å²) in [6, 6.07) is 16.9. The minimum atomic E-state index is 0.321. The summed E-state index contributed by atoms with van der Waals surface area (Å²) >= 11 is 5.91. The predicted octanol–water partition coefficient (Wildman–Crippen LogP) is 4.75. The lowest BCUT2D eigenvalue weighted by Gasteiger charge is -2.16. The number of aryl methyl sites for hydroxylation is 1. The average Bonchev–Trinajstić information content (AvgIpc) is 2.45.